The van der Waals surface area contributed by atoms with Crippen LogP contribution in [0.3, 0.4) is 0 Å². The van der Waals surface area contributed by atoms with Gasteiger partial charge in [-0.3, -0.25) is 4.79 Å². The Balaban J connectivity index is 1.46. The second-order valence-corrected chi connectivity index (χ2v) is 7.17. The van der Waals surface area contributed by atoms with E-state index in [0.29, 0.717) is 21.2 Å². The first-order valence-electron chi connectivity index (χ1n) is 8.35. The second kappa shape index (κ2) is 8.37. The highest BCUT2D eigenvalue weighted by atomic mass is 35.5. The lowest BCUT2D eigenvalue weighted by atomic mass is 10.2. The van der Waals surface area contributed by atoms with Crippen LogP contribution >= 0.6 is 23.4 Å². The first-order valence-corrected chi connectivity index (χ1v) is 9.72. The van der Waals surface area contributed by atoms with Gasteiger partial charge in [0.05, 0.1) is 11.4 Å². The van der Waals surface area contributed by atoms with E-state index in [-0.39, 0.29) is 18.3 Å². The molecule has 4 rings (SSSR count). The number of nitrogens with zero attached hydrogens (tertiary/aromatic N) is 5. The number of fused-ring (bicyclic) bond motifs is 1. The van der Waals surface area contributed by atoms with Gasteiger partial charge in [0.15, 0.2) is 11.2 Å². The number of thioether (sulfide) groups is 1. The first kappa shape index (κ1) is 18.4. The van der Waals surface area contributed by atoms with Crippen molar-refractivity contribution in [2.45, 2.75) is 11.6 Å². The zero-order chi connectivity index (χ0) is 19.3. The van der Waals surface area contributed by atoms with E-state index in [1.165, 1.54) is 18.1 Å². The Morgan fingerprint density at radius 2 is 1.96 bits per heavy atom. The zero-order valence-corrected chi connectivity index (χ0v) is 16.1. The number of rotatable bonds is 6. The monoisotopic (exact) mass is 411 g/mol. The van der Waals surface area contributed by atoms with Crippen LogP contribution in [0.15, 0.2) is 66.0 Å². The van der Waals surface area contributed by atoms with Crippen molar-refractivity contribution < 1.29 is 9.53 Å². The third-order valence-corrected chi connectivity index (χ3v) is 5.01. The predicted molar refractivity (Wildman–Crippen MR) is 106 cm³/mol. The van der Waals surface area contributed by atoms with E-state index >= 15 is 0 Å². The third kappa shape index (κ3) is 4.13. The summed E-state index contributed by atoms with van der Waals surface area (Å²) in [5.74, 6) is -0.217. The number of hydrogen-bond donors (Lipinski definition) is 0. The molecule has 0 saturated heterocycles. The van der Waals surface area contributed by atoms with Gasteiger partial charge in [-0.15, -0.1) is 5.10 Å². The molecule has 9 heteroatoms. The van der Waals surface area contributed by atoms with Crippen LogP contribution in [0, 0.1) is 0 Å². The Morgan fingerprint density at radius 1 is 1.11 bits per heavy atom. The van der Waals surface area contributed by atoms with Crippen LogP contribution in [0.4, 0.5) is 0 Å². The van der Waals surface area contributed by atoms with E-state index in [9.17, 15) is 4.79 Å². The fraction of sp³-hybridized carbons (Fsp3) is 0.105. The molecule has 28 heavy (non-hydrogen) atoms. The summed E-state index contributed by atoms with van der Waals surface area (Å²) in [7, 11) is 0. The molecular formula is C19H14ClN5O2S. The minimum Gasteiger partial charge on any atom is -0.460 e. The van der Waals surface area contributed by atoms with Gasteiger partial charge in [-0.1, -0.05) is 65.0 Å². The molecule has 0 unspecified atom stereocenters. The molecule has 2 heterocycles. The molecule has 7 nitrogen and oxygen atoms in total. The van der Waals surface area contributed by atoms with Crippen molar-refractivity contribution in [2.75, 3.05) is 5.75 Å². The van der Waals surface area contributed by atoms with Gasteiger partial charge in [0.2, 0.25) is 0 Å². The van der Waals surface area contributed by atoms with Crippen LogP contribution in [-0.2, 0) is 16.1 Å². The molecule has 0 amide bonds. The summed E-state index contributed by atoms with van der Waals surface area (Å²) >= 11 is 7.29. The van der Waals surface area contributed by atoms with Gasteiger partial charge in [0.1, 0.15) is 18.0 Å². The van der Waals surface area contributed by atoms with E-state index in [1.807, 2.05) is 42.5 Å². The molecule has 0 radical (unpaired) electrons. The van der Waals surface area contributed by atoms with Crippen LogP contribution in [-0.4, -0.2) is 36.7 Å². The Kier molecular flexibility index (Phi) is 5.50. The molecule has 2 aromatic heterocycles. The molecule has 4 aromatic rings. The van der Waals surface area contributed by atoms with Crippen molar-refractivity contribution in [2.24, 2.45) is 0 Å². The van der Waals surface area contributed by atoms with Crippen LogP contribution in [0.5, 0.6) is 0 Å². The average molecular weight is 412 g/mol. The van der Waals surface area contributed by atoms with Crippen LogP contribution in [0.2, 0.25) is 5.02 Å². The highest BCUT2D eigenvalue weighted by molar-refractivity contribution is 8.00. The molecule has 140 valence electrons. The first-order chi connectivity index (χ1) is 13.7. The highest BCUT2D eigenvalue weighted by Crippen LogP contribution is 2.24. The molecule has 0 aliphatic heterocycles. The van der Waals surface area contributed by atoms with Crippen molar-refractivity contribution >= 4 is 40.5 Å². The molecule has 0 bridgehead atoms. The molecule has 0 N–H and O–H groups in total. The van der Waals surface area contributed by atoms with Crippen LogP contribution in [0.1, 0.15) is 5.56 Å². The van der Waals surface area contributed by atoms with Gasteiger partial charge in [0.25, 0.3) is 0 Å². The maximum atomic E-state index is 12.0. The molecule has 0 aliphatic rings. The van der Waals surface area contributed by atoms with E-state index in [1.54, 1.807) is 16.8 Å². The second-order valence-electron chi connectivity index (χ2n) is 5.77. The van der Waals surface area contributed by atoms with Gasteiger partial charge >= 0.3 is 5.97 Å². The van der Waals surface area contributed by atoms with Gasteiger partial charge in [-0.05, 0) is 23.8 Å². The quantitative estimate of drug-likeness (QED) is 0.272. The molecule has 0 atom stereocenters. The van der Waals surface area contributed by atoms with Crippen molar-refractivity contribution in [3.05, 3.63) is 71.5 Å². The average Bonchev–Trinajstić information content (AvgIpc) is 3.16. The Bertz CT molecular complexity index is 1120. The highest BCUT2D eigenvalue weighted by Gasteiger charge is 2.15. The third-order valence-electron chi connectivity index (χ3n) is 3.83. The molecule has 2 aromatic carbocycles. The number of halogens is 1. The number of hydrogen-bond acceptors (Lipinski definition) is 7. The Labute approximate surface area is 169 Å². The Morgan fingerprint density at radius 3 is 2.79 bits per heavy atom. The minimum absolute atomic E-state index is 0.114. The molecule has 0 spiro atoms. The standard InChI is InChI=1S/C19H14ClN5O2S/c20-14-7-4-8-15(9-14)25-18-17(23-24-25)19(22-12-21-18)28-11-16(26)27-10-13-5-2-1-3-6-13/h1-9,12H,10-11H2. The SMILES string of the molecule is O=C(CSc1ncnc2c1nnn2-c1cccc(Cl)c1)OCc1ccccc1. The molecule has 0 aliphatic carbocycles. The summed E-state index contributed by atoms with van der Waals surface area (Å²) in [4.78, 5) is 20.5. The number of aromatic nitrogens is 5. The molecule has 0 fully saturated rings. The van der Waals surface area contributed by atoms with Gasteiger partial charge in [-0.2, -0.15) is 4.68 Å². The minimum atomic E-state index is -0.331. The summed E-state index contributed by atoms with van der Waals surface area (Å²) in [6.45, 7) is 0.240. The predicted octanol–water partition coefficient (Wildman–Crippen LogP) is 3.70. The fourth-order valence-electron chi connectivity index (χ4n) is 2.52. The van der Waals surface area contributed by atoms with Gasteiger partial charge in [-0.25, -0.2) is 9.97 Å². The summed E-state index contributed by atoms with van der Waals surface area (Å²) in [5, 5.41) is 9.47. The number of ether oxygens (including phenoxy) is 1. The number of carbonyl (C=O) groups is 1. The van der Waals surface area contributed by atoms with E-state index in [4.69, 9.17) is 16.3 Å². The number of benzene rings is 2. The van der Waals surface area contributed by atoms with Crippen molar-refractivity contribution in [3.63, 3.8) is 0 Å². The number of carbonyl (C=O) groups excluding carboxylic acids is 1. The number of esters is 1. The molecular weight excluding hydrogens is 398 g/mol. The lowest BCUT2D eigenvalue weighted by Gasteiger charge is -2.05. The largest absolute Gasteiger partial charge is 0.460 e. The smallest absolute Gasteiger partial charge is 0.316 e. The summed E-state index contributed by atoms with van der Waals surface area (Å²) in [6.07, 6.45) is 1.42. The lowest BCUT2D eigenvalue weighted by molar-refractivity contribution is -0.141. The topological polar surface area (TPSA) is 82.8 Å². The van der Waals surface area contributed by atoms with Gasteiger partial charge in [0, 0.05) is 5.02 Å². The lowest BCUT2D eigenvalue weighted by Crippen LogP contribution is -2.07. The fourth-order valence-corrected chi connectivity index (χ4v) is 3.44. The van der Waals surface area contributed by atoms with Crippen LogP contribution in [0.25, 0.3) is 16.9 Å². The van der Waals surface area contributed by atoms with E-state index in [2.05, 4.69) is 20.3 Å². The van der Waals surface area contributed by atoms with Crippen molar-refractivity contribution in [1.29, 1.82) is 0 Å². The maximum Gasteiger partial charge on any atom is 0.316 e. The van der Waals surface area contributed by atoms with Crippen molar-refractivity contribution in [1.82, 2.24) is 25.0 Å². The Hall–Kier alpha value is -2.97. The van der Waals surface area contributed by atoms with E-state index in [0.717, 1.165) is 11.3 Å². The summed E-state index contributed by atoms with van der Waals surface area (Å²) in [6, 6.07) is 16.8. The van der Waals surface area contributed by atoms with Gasteiger partial charge < -0.3 is 4.74 Å². The van der Waals surface area contributed by atoms with E-state index < -0.39 is 0 Å². The summed E-state index contributed by atoms with van der Waals surface area (Å²) in [5.41, 5.74) is 2.74. The maximum absolute atomic E-state index is 12.0. The molecule has 0 saturated carbocycles. The van der Waals surface area contributed by atoms with Crippen LogP contribution < -0.4 is 0 Å². The normalized spacial score (nSPS) is 10.9. The van der Waals surface area contributed by atoms with Crippen molar-refractivity contribution in [3.8, 4) is 5.69 Å². The zero-order valence-electron chi connectivity index (χ0n) is 14.5. The summed E-state index contributed by atoms with van der Waals surface area (Å²) < 4.78 is 6.87.